The van der Waals surface area contributed by atoms with Gasteiger partial charge in [0.2, 0.25) is 0 Å². The predicted molar refractivity (Wildman–Crippen MR) is 83.8 cm³/mol. The first-order valence-electron chi connectivity index (χ1n) is 5.93. The lowest BCUT2D eigenvalue weighted by molar-refractivity contribution is 1.09. The molecule has 0 atom stereocenters. The molecule has 4 nitrogen and oxygen atoms in total. The second-order valence-electron chi connectivity index (χ2n) is 4.19. The Balaban J connectivity index is 2.21. The van der Waals surface area contributed by atoms with Crippen molar-refractivity contribution < 1.29 is 0 Å². The number of hydrogen-bond acceptors (Lipinski definition) is 4. The molecule has 1 aromatic carbocycles. The van der Waals surface area contributed by atoms with E-state index in [2.05, 4.69) is 30.9 Å². The molecule has 20 heavy (non-hydrogen) atoms. The zero-order chi connectivity index (χ0) is 14.1. The van der Waals surface area contributed by atoms with E-state index in [4.69, 9.17) is 0 Å². The highest BCUT2D eigenvalue weighted by Crippen LogP contribution is 2.25. The minimum absolute atomic E-state index is 0.209. The summed E-state index contributed by atoms with van der Waals surface area (Å²) in [5.41, 5.74) is 1.99. The molecule has 0 radical (unpaired) electrons. The van der Waals surface area contributed by atoms with Crippen LogP contribution in [0.3, 0.4) is 0 Å². The van der Waals surface area contributed by atoms with Crippen LogP contribution >= 0.6 is 27.3 Å². The summed E-state index contributed by atoms with van der Waals surface area (Å²) >= 11 is 4.83. The van der Waals surface area contributed by atoms with Crippen molar-refractivity contribution in [1.82, 2.24) is 15.0 Å². The maximum atomic E-state index is 12.0. The van der Waals surface area contributed by atoms with Crippen molar-refractivity contribution in [2.75, 3.05) is 0 Å². The Kier molecular flexibility index (Phi) is 3.50. The van der Waals surface area contributed by atoms with Crippen LogP contribution in [0.4, 0.5) is 0 Å². The number of thiazole rings is 1. The molecular formula is C14H10BrN3OS. The maximum Gasteiger partial charge on any atom is 0.266 e. The van der Waals surface area contributed by atoms with Gasteiger partial charge >= 0.3 is 0 Å². The van der Waals surface area contributed by atoms with E-state index in [9.17, 15) is 4.79 Å². The van der Waals surface area contributed by atoms with Gasteiger partial charge in [0.15, 0.2) is 5.82 Å². The summed E-state index contributed by atoms with van der Waals surface area (Å²) in [4.78, 5) is 23.7. The van der Waals surface area contributed by atoms with Gasteiger partial charge in [0.05, 0.1) is 10.7 Å². The summed E-state index contributed by atoms with van der Waals surface area (Å²) in [5, 5.41) is 2.82. The highest BCUT2D eigenvalue weighted by Gasteiger charge is 2.13. The number of benzene rings is 1. The van der Waals surface area contributed by atoms with Crippen LogP contribution in [0.2, 0.25) is 0 Å². The number of aryl methyl sites for hydroxylation is 1. The van der Waals surface area contributed by atoms with Crippen molar-refractivity contribution in [3.05, 3.63) is 55.5 Å². The molecule has 0 aliphatic rings. The van der Waals surface area contributed by atoms with E-state index >= 15 is 0 Å². The molecule has 0 aliphatic heterocycles. The Morgan fingerprint density at radius 3 is 2.60 bits per heavy atom. The minimum atomic E-state index is -0.209. The monoisotopic (exact) mass is 347 g/mol. The fraction of sp³-hybridized carbons (Fsp3) is 0.0714. The standard InChI is InChI=1S/C14H10BrN3OS/c1-8-16-10(7-20-8)13-17-12(11(15)14(19)18-13)9-5-3-2-4-6-9/h2-7H,1H3,(H,17,18,19). The van der Waals surface area contributed by atoms with Gasteiger partial charge in [0, 0.05) is 10.9 Å². The fourth-order valence-corrected chi connectivity index (χ4v) is 2.85. The molecule has 0 bridgehead atoms. The largest absolute Gasteiger partial charge is 0.304 e. The summed E-state index contributed by atoms with van der Waals surface area (Å²) in [7, 11) is 0. The number of aromatic amines is 1. The maximum absolute atomic E-state index is 12.0. The first-order chi connectivity index (χ1) is 9.65. The Morgan fingerprint density at radius 2 is 1.95 bits per heavy atom. The van der Waals surface area contributed by atoms with E-state index in [0.29, 0.717) is 21.7 Å². The summed E-state index contributed by atoms with van der Waals surface area (Å²) in [6.07, 6.45) is 0. The zero-order valence-electron chi connectivity index (χ0n) is 10.6. The van der Waals surface area contributed by atoms with Crippen molar-refractivity contribution in [3.63, 3.8) is 0 Å². The molecule has 1 N–H and O–H groups in total. The number of hydrogen-bond donors (Lipinski definition) is 1. The van der Waals surface area contributed by atoms with E-state index in [1.165, 1.54) is 11.3 Å². The van der Waals surface area contributed by atoms with Crippen molar-refractivity contribution in [1.29, 1.82) is 0 Å². The summed E-state index contributed by atoms with van der Waals surface area (Å²) in [5.74, 6) is 0.487. The normalized spacial score (nSPS) is 10.7. The molecule has 6 heteroatoms. The van der Waals surface area contributed by atoms with Gasteiger partial charge in [0.25, 0.3) is 5.56 Å². The van der Waals surface area contributed by atoms with Gasteiger partial charge in [-0.2, -0.15) is 0 Å². The van der Waals surface area contributed by atoms with Gasteiger partial charge in [-0.3, -0.25) is 4.79 Å². The van der Waals surface area contributed by atoms with Gasteiger partial charge in [-0.1, -0.05) is 30.3 Å². The molecule has 2 heterocycles. The van der Waals surface area contributed by atoms with Gasteiger partial charge < -0.3 is 4.98 Å². The highest BCUT2D eigenvalue weighted by molar-refractivity contribution is 9.10. The van der Waals surface area contributed by atoms with Crippen LogP contribution in [0, 0.1) is 6.92 Å². The Labute approximate surface area is 127 Å². The van der Waals surface area contributed by atoms with E-state index in [1.807, 2.05) is 42.6 Å². The van der Waals surface area contributed by atoms with Gasteiger partial charge in [-0.25, -0.2) is 9.97 Å². The van der Waals surface area contributed by atoms with Crippen LogP contribution in [0.1, 0.15) is 5.01 Å². The molecule has 2 aromatic heterocycles. The summed E-state index contributed by atoms with van der Waals surface area (Å²) < 4.78 is 0.430. The highest BCUT2D eigenvalue weighted by atomic mass is 79.9. The number of aromatic nitrogens is 3. The quantitative estimate of drug-likeness (QED) is 0.769. The lowest BCUT2D eigenvalue weighted by atomic mass is 10.1. The number of H-pyrrole nitrogens is 1. The Hall–Kier alpha value is -1.79. The van der Waals surface area contributed by atoms with Crippen molar-refractivity contribution in [2.45, 2.75) is 6.92 Å². The second-order valence-corrected chi connectivity index (χ2v) is 6.05. The molecule has 0 fully saturated rings. The second kappa shape index (κ2) is 5.30. The Morgan fingerprint density at radius 1 is 1.20 bits per heavy atom. The molecule has 0 amide bonds. The van der Waals surface area contributed by atoms with Crippen LogP contribution in [-0.4, -0.2) is 15.0 Å². The molecule has 0 saturated carbocycles. The van der Waals surface area contributed by atoms with Gasteiger partial charge in [-0.15, -0.1) is 11.3 Å². The van der Waals surface area contributed by atoms with Gasteiger partial charge in [0.1, 0.15) is 10.2 Å². The molecule has 0 spiro atoms. The van der Waals surface area contributed by atoms with Crippen LogP contribution < -0.4 is 5.56 Å². The van der Waals surface area contributed by atoms with E-state index in [1.54, 1.807) is 0 Å². The average Bonchev–Trinajstić information content (AvgIpc) is 2.89. The third-order valence-electron chi connectivity index (χ3n) is 2.77. The summed E-state index contributed by atoms with van der Waals surface area (Å²) in [6.45, 7) is 1.92. The van der Waals surface area contributed by atoms with Crippen molar-refractivity contribution >= 4 is 27.3 Å². The van der Waals surface area contributed by atoms with Crippen LogP contribution in [0.5, 0.6) is 0 Å². The van der Waals surface area contributed by atoms with E-state index in [0.717, 1.165) is 10.6 Å². The molecule has 0 unspecified atom stereocenters. The number of halogens is 1. The Bertz CT molecular complexity index is 811. The first-order valence-corrected chi connectivity index (χ1v) is 7.60. The lowest BCUT2D eigenvalue weighted by Crippen LogP contribution is -2.11. The smallest absolute Gasteiger partial charge is 0.266 e. The molecule has 0 saturated heterocycles. The SMILES string of the molecule is Cc1nc(-c2nc(-c3ccccc3)c(Br)c(=O)[nH]2)cs1. The van der Waals surface area contributed by atoms with E-state index in [-0.39, 0.29) is 5.56 Å². The number of nitrogens with one attached hydrogen (secondary N) is 1. The van der Waals surface area contributed by atoms with Gasteiger partial charge in [-0.05, 0) is 22.9 Å². The zero-order valence-corrected chi connectivity index (χ0v) is 13.0. The third kappa shape index (κ3) is 2.44. The lowest BCUT2D eigenvalue weighted by Gasteiger charge is -2.05. The minimum Gasteiger partial charge on any atom is -0.304 e. The van der Waals surface area contributed by atoms with Crippen molar-refractivity contribution in [2.24, 2.45) is 0 Å². The topological polar surface area (TPSA) is 58.6 Å². The summed E-state index contributed by atoms with van der Waals surface area (Å²) in [6, 6.07) is 9.59. The van der Waals surface area contributed by atoms with Crippen LogP contribution in [-0.2, 0) is 0 Å². The van der Waals surface area contributed by atoms with E-state index < -0.39 is 0 Å². The predicted octanol–water partition coefficient (Wildman–Crippen LogP) is 3.63. The molecule has 3 aromatic rings. The molecule has 0 aliphatic carbocycles. The van der Waals surface area contributed by atoms with Crippen LogP contribution in [0.15, 0.2) is 45.0 Å². The molecule has 100 valence electrons. The number of rotatable bonds is 2. The third-order valence-corrected chi connectivity index (χ3v) is 4.28. The first kappa shape index (κ1) is 13.2. The van der Waals surface area contributed by atoms with Crippen LogP contribution in [0.25, 0.3) is 22.8 Å². The molecule has 3 rings (SSSR count). The molecular weight excluding hydrogens is 338 g/mol. The van der Waals surface area contributed by atoms with Crippen molar-refractivity contribution in [3.8, 4) is 22.8 Å². The average molecular weight is 348 g/mol. The number of nitrogens with zero attached hydrogens (tertiary/aromatic N) is 2. The fourth-order valence-electron chi connectivity index (χ4n) is 1.84.